The molecule has 0 bridgehead atoms. The molecule has 20 heavy (non-hydrogen) atoms. The molecule has 0 aromatic carbocycles. The van der Waals surface area contributed by atoms with Gasteiger partial charge in [0, 0.05) is 24.8 Å². The predicted octanol–water partition coefficient (Wildman–Crippen LogP) is 1.18. The van der Waals surface area contributed by atoms with Crippen LogP contribution < -0.4 is 11.1 Å². The van der Waals surface area contributed by atoms with Crippen molar-refractivity contribution in [1.29, 1.82) is 0 Å². The van der Waals surface area contributed by atoms with Gasteiger partial charge in [0.15, 0.2) is 0 Å². The third-order valence-corrected chi connectivity index (χ3v) is 4.10. The largest absolute Gasteiger partial charge is 0.354 e. The Kier molecular flexibility index (Phi) is 6.33. The lowest BCUT2D eigenvalue weighted by Gasteiger charge is -2.26. The van der Waals surface area contributed by atoms with E-state index in [2.05, 4.69) is 5.32 Å². The van der Waals surface area contributed by atoms with Crippen LogP contribution in [0, 0.1) is 5.41 Å². The molecular formula is C14H27N3O2S. The van der Waals surface area contributed by atoms with Crippen LogP contribution in [-0.2, 0) is 9.59 Å². The summed E-state index contributed by atoms with van der Waals surface area (Å²) in [6.45, 7) is 8.58. The Bertz CT molecular complexity index is 353. The van der Waals surface area contributed by atoms with Gasteiger partial charge in [-0.05, 0) is 18.8 Å². The van der Waals surface area contributed by atoms with Crippen LogP contribution in [0.4, 0.5) is 0 Å². The van der Waals surface area contributed by atoms with Gasteiger partial charge in [0.2, 0.25) is 11.8 Å². The molecule has 1 saturated heterocycles. The fourth-order valence-corrected chi connectivity index (χ4v) is 3.18. The van der Waals surface area contributed by atoms with Gasteiger partial charge in [0.05, 0.1) is 5.88 Å². The van der Waals surface area contributed by atoms with Gasteiger partial charge >= 0.3 is 0 Å². The van der Waals surface area contributed by atoms with Crippen molar-refractivity contribution in [3.63, 3.8) is 0 Å². The first-order chi connectivity index (χ1) is 9.20. The van der Waals surface area contributed by atoms with Crippen molar-refractivity contribution in [1.82, 2.24) is 10.2 Å². The van der Waals surface area contributed by atoms with Crippen LogP contribution in [-0.4, -0.2) is 47.0 Å². The Hall–Kier alpha value is -0.750. The summed E-state index contributed by atoms with van der Waals surface area (Å²) in [6, 6.07) is -0.255. The second-order valence-corrected chi connectivity index (χ2v) is 7.67. The number of hydrogen-bond acceptors (Lipinski definition) is 4. The summed E-state index contributed by atoms with van der Waals surface area (Å²) in [6.07, 6.45) is 1.22. The number of nitrogens with one attached hydrogen (secondary N) is 1. The van der Waals surface area contributed by atoms with Crippen molar-refractivity contribution in [2.24, 2.45) is 11.1 Å². The molecule has 0 spiro atoms. The van der Waals surface area contributed by atoms with Crippen LogP contribution in [0.25, 0.3) is 0 Å². The minimum Gasteiger partial charge on any atom is -0.354 e. The van der Waals surface area contributed by atoms with Crippen LogP contribution in [0.5, 0.6) is 0 Å². The summed E-state index contributed by atoms with van der Waals surface area (Å²) in [5.41, 5.74) is 5.60. The standard InChI is InChI=1S/C14H27N3O2S/c1-10(15)5-6-16-13(19)11-8-20-9-17(11)12(18)7-14(2,3)4/h10-11H,5-9,15H2,1-4H3,(H,16,19). The zero-order valence-electron chi connectivity index (χ0n) is 12.9. The van der Waals surface area contributed by atoms with Crippen LogP contribution in [0.15, 0.2) is 0 Å². The van der Waals surface area contributed by atoms with Crippen molar-refractivity contribution in [3.8, 4) is 0 Å². The molecule has 0 aromatic rings. The maximum absolute atomic E-state index is 12.3. The molecule has 1 fully saturated rings. The molecule has 2 unspecified atom stereocenters. The molecule has 5 nitrogen and oxygen atoms in total. The Balaban J connectivity index is 2.51. The van der Waals surface area contributed by atoms with E-state index in [0.29, 0.717) is 24.6 Å². The van der Waals surface area contributed by atoms with Gasteiger partial charge < -0.3 is 16.0 Å². The highest BCUT2D eigenvalue weighted by Crippen LogP contribution is 2.26. The van der Waals surface area contributed by atoms with Crippen LogP contribution >= 0.6 is 11.8 Å². The van der Waals surface area contributed by atoms with Crippen molar-refractivity contribution < 1.29 is 9.59 Å². The van der Waals surface area contributed by atoms with Gasteiger partial charge in [-0.3, -0.25) is 9.59 Å². The van der Waals surface area contributed by atoms with E-state index in [0.717, 1.165) is 6.42 Å². The first kappa shape index (κ1) is 17.3. The van der Waals surface area contributed by atoms with Crippen molar-refractivity contribution in [2.75, 3.05) is 18.2 Å². The molecule has 2 amide bonds. The normalized spacial score (nSPS) is 20.9. The highest BCUT2D eigenvalue weighted by Gasteiger charge is 2.35. The van der Waals surface area contributed by atoms with E-state index in [1.54, 1.807) is 16.7 Å². The minimum absolute atomic E-state index is 0.0552. The minimum atomic E-state index is -0.331. The summed E-state index contributed by atoms with van der Waals surface area (Å²) < 4.78 is 0. The van der Waals surface area contributed by atoms with Crippen molar-refractivity contribution >= 4 is 23.6 Å². The third kappa shape index (κ3) is 5.71. The Labute approximate surface area is 126 Å². The van der Waals surface area contributed by atoms with E-state index in [1.807, 2.05) is 27.7 Å². The Morgan fingerprint density at radius 3 is 2.65 bits per heavy atom. The quantitative estimate of drug-likeness (QED) is 0.799. The zero-order chi connectivity index (χ0) is 15.3. The summed E-state index contributed by atoms with van der Waals surface area (Å²) in [5.74, 6) is 1.30. The highest BCUT2D eigenvalue weighted by molar-refractivity contribution is 7.99. The number of nitrogens with two attached hydrogens (primary N) is 1. The summed E-state index contributed by atoms with van der Waals surface area (Å²) in [4.78, 5) is 26.1. The molecular weight excluding hydrogens is 274 g/mol. The maximum Gasteiger partial charge on any atom is 0.243 e. The van der Waals surface area contributed by atoms with E-state index in [-0.39, 0.29) is 29.3 Å². The average Bonchev–Trinajstić information content (AvgIpc) is 2.74. The number of thioether (sulfide) groups is 1. The first-order valence-electron chi connectivity index (χ1n) is 7.11. The molecule has 1 rings (SSSR count). The molecule has 0 radical (unpaired) electrons. The molecule has 0 aromatic heterocycles. The van der Waals surface area contributed by atoms with Gasteiger partial charge in [-0.2, -0.15) is 0 Å². The Morgan fingerprint density at radius 1 is 1.45 bits per heavy atom. The second-order valence-electron chi connectivity index (χ2n) is 6.67. The molecule has 1 aliphatic heterocycles. The van der Waals surface area contributed by atoms with Gasteiger partial charge in [0.1, 0.15) is 6.04 Å². The van der Waals surface area contributed by atoms with Gasteiger partial charge in [-0.1, -0.05) is 20.8 Å². The van der Waals surface area contributed by atoms with E-state index in [9.17, 15) is 9.59 Å². The lowest BCUT2D eigenvalue weighted by Crippen LogP contribution is -2.48. The number of amides is 2. The number of nitrogens with zero attached hydrogens (tertiary/aromatic N) is 1. The molecule has 1 heterocycles. The fraction of sp³-hybridized carbons (Fsp3) is 0.857. The topological polar surface area (TPSA) is 75.4 Å². The first-order valence-corrected chi connectivity index (χ1v) is 8.26. The van der Waals surface area contributed by atoms with Crippen LogP contribution in [0.1, 0.15) is 40.5 Å². The number of carbonyl (C=O) groups excluding carboxylic acids is 2. The molecule has 0 aliphatic carbocycles. The Morgan fingerprint density at radius 2 is 2.10 bits per heavy atom. The fourth-order valence-electron chi connectivity index (χ4n) is 2.00. The van der Waals surface area contributed by atoms with Crippen molar-refractivity contribution in [3.05, 3.63) is 0 Å². The molecule has 2 atom stereocenters. The second kappa shape index (κ2) is 7.31. The third-order valence-electron chi connectivity index (χ3n) is 3.09. The van der Waals surface area contributed by atoms with Crippen LogP contribution in [0.2, 0.25) is 0 Å². The van der Waals surface area contributed by atoms with E-state index in [1.165, 1.54) is 0 Å². The predicted molar refractivity (Wildman–Crippen MR) is 83.3 cm³/mol. The summed E-state index contributed by atoms with van der Waals surface area (Å²) in [5, 5.41) is 2.88. The molecule has 116 valence electrons. The van der Waals surface area contributed by atoms with Crippen molar-refractivity contribution in [2.45, 2.75) is 52.6 Å². The molecule has 0 saturated carbocycles. The number of hydrogen-bond donors (Lipinski definition) is 2. The van der Waals surface area contributed by atoms with E-state index < -0.39 is 0 Å². The lowest BCUT2D eigenvalue weighted by atomic mass is 9.91. The summed E-state index contributed by atoms with van der Waals surface area (Å²) in [7, 11) is 0. The number of carbonyl (C=O) groups is 2. The number of rotatable bonds is 5. The van der Waals surface area contributed by atoms with Gasteiger partial charge in [0.25, 0.3) is 0 Å². The van der Waals surface area contributed by atoms with Crippen LogP contribution in [0.3, 0.4) is 0 Å². The molecule has 1 aliphatic rings. The van der Waals surface area contributed by atoms with Gasteiger partial charge in [-0.15, -0.1) is 11.8 Å². The monoisotopic (exact) mass is 301 g/mol. The summed E-state index contributed by atoms with van der Waals surface area (Å²) >= 11 is 1.63. The molecule has 6 heteroatoms. The van der Waals surface area contributed by atoms with Gasteiger partial charge in [-0.25, -0.2) is 0 Å². The lowest BCUT2D eigenvalue weighted by molar-refractivity contribution is -0.139. The average molecular weight is 301 g/mol. The molecule has 3 N–H and O–H groups in total. The highest BCUT2D eigenvalue weighted by atomic mass is 32.2. The smallest absolute Gasteiger partial charge is 0.243 e. The maximum atomic E-state index is 12.3. The SMILES string of the molecule is CC(N)CCNC(=O)C1CSCN1C(=O)CC(C)(C)C. The van der Waals surface area contributed by atoms with E-state index in [4.69, 9.17) is 5.73 Å². The van der Waals surface area contributed by atoms with E-state index >= 15 is 0 Å². The zero-order valence-corrected chi connectivity index (χ0v) is 13.8.